The van der Waals surface area contributed by atoms with Crippen LogP contribution in [0.25, 0.3) is 0 Å². The number of nitrogens with zero attached hydrogens (tertiary/aromatic N) is 1. The molecule has 0 spiro atoms. The Hall–Kier alpha value is -1.36. The van der Waals surface area contributed by atoms with Crippen molar-refractivity contribution in [3.05, 3.63) is 23.7 Å². The van der Waals surface area contributed by atoms with E-state index in [1.165, 1.54) is 12.3 Å². The van der Waals surface area contributed by atoms with Crippen LogP contribution in [0.3, 0.4) is 0 Å². The van der Waals surface area contributed by atoms with Crippen molar-refractivity contribution in [2.45, 2.75) is 0 Å². The number of esters is 1. The SMILES string of the molecule is C=CCOC(=O)c1cnc(N)s1. The van der Waals surface area contributed by atoms with E-state index >= 15 is 0 Å². The molecule has 64 valence electrons. The second kappa shape index (κ2) is 3.87. The third-order valence-corrected chi connectivity index (χ3v) is 1.86. The van der Waals surface area contributed by atoms with Crippen molar-refractivity contribution >= 4 is 22.4 Å². The van der Waals surface area contributed by atoms with E-state index in [2.05, 4.69) is 11.6 Å². The largest absolute Gasteiger partial charge is 0.457 e. The van der Waals surface area contributed by atoms with Crippen molar-refractivity contribution in [1.82, 2.24) is 4.98 Å². The smallest absolute Gasteiger partial charge is 0.350 e. The lowest BCUT2D eigenvalue weighted by Crippen LogP contribution is -2.02. The minimum absolute atomic E-state index is 0.205. The number of hydrogen-bond acceptors (Lipinski definition) is 5. The fourth-order valence-electron chi connectivity index (χ4n) is 0.588. The maximum atomic E-state index is 11.1. The topological polar surface area (TPSA) is 65.2 Å². The number of thiazole rings is 1. The lowest BCUT2D eigenvalue weighted by atomic mass is 10.5. The van der Waals surface area contributed by atoms with Crippen molar-refractivity contribution in [3.63, 3.8) is 0 Å². The first-order valence-electron chi connectivity index (χ1n) is 3.23. The molecule has 1 aromatic rings. The molecule has 0 aromatic carbocycles. The molecule has 12 heavy (non-hydrogen) atoms. The Balaban J connectivity index is 2.59. The highest BCUT2D eigenvalue weighted by Gasteiger charge is 2.09. The number of carbonyl (C=O) groups is 1. The summed E-state index contributed by atoms with van der Waals surface area (Å²) in [7, 11) is 0. The number of carbonyl (C=O) groups excluding carboxylic acids is 1. The first-order chi connectivity index (χ1) is 5.74. The Kier molecular flexibility index (Phi) is 2.82. The van der Waals surface area contributed by atoms with Crippen LogP contribution in [0.5, 0.6) is 0 Å². The molecule has 0 saturated heterocycles. The average Bonchev–Trinajstić information content (AvgIpc) is 2.47. The first-order valence-corrected chi connectivity index (χ1v) is 4.05. The van der Waals surface area contributed by atoms with E-state index in [9.17, 15) is 4.79 Å². The van der Waals surface area contributed by atoms with Gasteiger partial charge in [-0.3, -0.25) is 0 Å². The van der Waals surface area contributed by atoms with E-state index in [-0.39, 0.29) is 6.61 Å². The Bertz CT molecular complexity index is 295. The molecule has 1 rings (SSSR count). The Labute approximate surface area is 73.7 Å². The van der Waals surface area contributed by atoms with Crippen molar-refractivity contribution in [1.29, 1.82) is 0 Å². The van der Waals surface area contributed by atoms with Crippen LogP contribution in [0.15, 0.2) is 18.9 Å². The van der Waals surface area contributed by atoms with E-state index in [4.69, 9.17) is 10.5 Å². The summed E-state index contributed by atoms with van der Waals surface area (Å²) >= 11 is 1.10. The zero-order chi connectivity index (χ0) is 8.97. The first kappa shape index (κ1) is 8.73. The van der Waals surface area contributed by atoms with Gasteiger partial charge in [0, 0.05) is 0 Å². The molecule has 0 saturated carbocycles. The van der Waals surface area contributed by atoms with Crippen LogP contribution in [0.2, 0.25) is 0 Å². The van der Waals surface area contributed by atoms with Crippen LogP contribution in [-0.4, -0.2) is 17.6 Å². The van der Waals surface area contributed by atoms with Crippen LogP contribution in [0.1, 0.15) is 9.67 Å². The minimum Gasteiger partial charge on any atom is -0.457 e. The number of aromatic nitrogens is 1. The molecule has 5 heteroatoms. The molecule has 0 bridgehead atoms. The van der Waals surface area contributed by atoms with Gasteiger partial charge in [0.2, 0.25) is 0 Å². The van der Waals surface area contributed by atoms with Crippen molar-refractivity contribution in [2.75, 3.05) is 12.3 Å². The zero-order valence-electron chi connectivity index (χ0n) is 6.32. The van der Waals surface area contributed by atoms with E-state index in [1.54, 1.807) is 0 Å². The summed E-state index contributed by atoms with van der Waals surface area (Å²) in [6, 6.07) is 0. The molecule has 0 aliphatic heterocycles. The summed E-state index contributed by atoms with van der Waals surface area (Å²) in [5.74, 6) is -0.413. The van der Waals surface area contributed by atoms with Gasteiger partial charge in [0.15, 0.2) is 5.13 Å². The Morgan fingerprint density at radius 3 is 3.17 bits per heavy atom. The molecule has 0 unspecified atom stereocenters. The average molecular weight is 184 g/mol. The van der Waals surface area contributed by atoms with Gasteiger partial charge in [0.25, 0.3) is 0 Å². The molecule has 1 aromatic heterocycles. The van der Waals surface area contributed by atoms with Crippen LogP contribution in [-0.2, 0) is 4.74 Å². The molecule has 4 nitrogen and oxygen atoms in total. The van der Waals surface area contributed by atoms with Crippen LogP contribution in [0.4, 0.5) is 5.13 Å². The van der Waals surface area contributed by atoms with E-state index in [0.29, 0.717) is 10.0 Å². The minimum atomic E-state index is -0.413. The highest BCUT2D eigenvalue weighted by molar-refractivity contribution is 7.17. The quantitative estimate of drug-likeness (QED) is 0.563. The maximum Gasteiger partial charge on any atom is 0.350 e. The van der Waals surface area contributed by atoms with Gasteiger partial charge in [0.1, 0.15) is 11.5 Å². The molecule has 0 aliphatic carbocycles. The van der Waals surface area contributed by atoms with Gasteiger partial charge in [-0.15, -0.1) is 0 Å². The Morgan fingerprint density at radius 2 is 2.67 bits per heavy atom. The van der Waals surface area contributed by atoms with Gasteiger partial charge in [-0.05, 0) is 0 Å². The second-order valence-electron chi connectivity index (χ2n) is 1.95. The van der Waals surface area contributed by atoms with Gasteiger partial charge < -0.3 is 10.5 Å². The second-order valence-corrected chi connectivity index (χ2v) is 3.01. The molecule has 0 radical (unpaired) electrons. The van der Waals surface area contributed by atoms with Gasteiger partial charge in [0.05, 0.1) is 6.20 Å². The number of rotatable bonds is 3. The summed E-state index contributed by atoms with van der Waals surface area (Å²) in [5.41, 5.74) is 5.32. The number of anilines is 1. The van der Waals surface area contributed by atoms with E-state index < -0.39 is 5.97 Å². The lowest BCUT2D eigenvalue weighted by Gasteiger charge is -1.95. The summed E-state index contributed by atoms with van der Waals surface area (Å²) in [4.78, 5) is 15.2. The van der Waals surface area contributed by atoms with Crippen LogP contribution >= 0.6 is 11.3 Å². The van der Waals surface area contributed by atoms with Gasteiger partial charge in [-0.1, -0.05) is 24.0 Å². The van der Waals surface area contributed by atoms with E-state index in [0.717, 1.165) is 11.3 Å². The van der Waals surface area contributed by atoms with Crippen LogP contribution < -0.4 is 5.73 Å². The summed E-state index contributed by atoms with van der Waals surface area (Å²) in [6.45, 7) is 3.62. The summed E-state index contributed by atoms with van der Waals surface area (Å²) < 4.78 is 4.75. The number of nitrogen functional groups attached to an aromatic ring is 1. The number of hydrogen-bond donors (Lipinski definition) is 1. The zero-order valence-corrected chi connectivity index (χ0v) is 7.13. The molecule has 0 amide bonds. The third-order valence-electron chi connectivity index (χ3n) is 1.06. The molecule has 0 atom stereocenters. The molecule has 2 N–H and O–H groups in total. The van der Waals surface area contributed by atoms with E-state index in [1.807, 2.05) is 0 Å². The molecule has 0 aliphatic rings. The van der Waals surface area contributed by atoms with Crippen molar-refractivity contribution in [3.8, 4) is 0 Å². The lowest BCUT2D eigenvalue weighted by molar-refractivity contribution is 0.0555. The highest BCUT2D eigenvalue weighted by Crippen LogP contribution is 2.14. The summed E-state index contributed by atoms with van der Waals surface area (Å²) in [6.07, 6.45) is 2.90. The fraction of sp³-hybridized carbons (Fsp3) is 0.143. The normalized spacial score (nSPS) is 9.33. The molecular formula is C7H8N2O2S. The van der Waals surface area contributed by atoms with Crippen LogP contribution in [0, 0.1) is 0 Å². The van der Waals surface area contributed by atoms with Gasteiger partial charge in [-0.25, -0.2) is 9.78 Å². The third kappa shape index (κ3) is 2.06. The highest BCUT2D eigenvalue weighted by atomic mass is 32.1. The monoisotopic (exact) mass is 184 g/mol. The summed E-state index contributed by atoms with van der Waals surface area (Å²) in [5, 5.41) is 0.362. The number of nitrogens with two attached hydrogens (primary N) is 1. The van der Waals surface area contributed by atoms with Gasteiger partial charge >= 0.3 is 5.97 Å². The molecule has 0 fully saturated rings. The maximum absolute atomic E-state index is 11.1. The van der Waals surface area contributed by atoms with Crippen molar-refractivity contribution < 1.29 is 9.53 Å². The molecular weight excluding hydrogens is 176 g/mol. The van der Waals surface area contributed by atoms with Gasteiger partial charge in [-0.2, -0.15) is 0 Å². The van der Waals surface area contributed by atoms with Crippen molar-refractivity contribution in [2.24, 2.45) is 0 Å². The predicted octanol–water partition coefficient (Wildman–Crippen LogP) is 1.07. The standard InChI is InChI=1S/C7H8N2O2S/c1-2-3-11-6(10)5-4-9-7(8)12-5/h2,4H,1,3H2,(H2,8,9). The molecule has 1 heterocycles. The fourth-order valence-corrected chi connectivity index (χ4v) is 1.17. The Morgan fingerprint density at radius 1 is 1.92 bits per heavy atom. The predicted molar refractivity (Wildman–Crippen MR) is 47.0 cm³/mol. The number of ether oxygens (including phenoxy) is 1.